The molecular formula is C27H21F3N6OS2. The number of hydrogen-bond donors (Lipinski definition) is 1. The number of anilines is 1. The van der Waals surface area contributed by atoms with Gasteiger partial charge in [0.2, 0.25) is 0 Å². The third-order valence-electron chi connectivity index (χ3n) is 5.86. The van der Waals surface area contributed by atoms with E-state index in [9.17, 15) is 18.0 Å². The third-order valence-corrected chi connectivity index (χ3v) is 7.83. The van der Waals surface area contributed by atoms with Gasteiger partial charge in [-0.1, -0.05) is 23.9 Å². The minimum Gasteiger partial charge on any atom is -0.321 e. The topological polar surface area (TPSA) is 85.6 Å². The molecule has 0 aliphatic heterocycles. The first-order valence-electron chi connectivity index (χ1n) is 11.7. The van der Waals surface area contributed by atoms with Crippen LogP contribution in [0.2, 0.25) is 0 Å². The molecule has 0 atom stereocenters. The van der Waals surface area contributed by atoms with Crippen molar-refractivity contribution >= 4 is 34.7 Å². The SMILES string of the molecule is Cc1ccc(NC(=O)c2csc(CSc3nnc(-c4cccnc4)n3-c3cccc(C(F)(F)F)c3)n2)cc1C. The van der Waals surface area contributed by atoms with Crippen LogP contribution in [0.4, 0.5) is 18.9 Å². The molecule has 1 N–H and O–H groups in total. The molecule has 0 saturated heterocycles. The van der Waals surface area contributed by atoms with Crippen LogP contribution in [0.5, 0.6) is 0 Å². The maximum Gasteiger partial charge on any atom is 0.416 e. The molecule has 5 aromatic rings. The zero-order valence-corrected chi connectivity index (χ0v) is 22.4. The summed E-state index contributed by atoms with van der Waals surface area (Å²) in [5.41, 5.74) is 3.26. The van der Waals surface area contributed by atoms with Gasteiger partial charge in [0.25, 0.3) is 5.91 Å². The number of aryl methyl sites for hydroxylation is 2. The lowest BCUT2D eigenvalue weighted by atomic mass is 10.1. The predicted octanol–water partition coefficient (Wildman–Crippen LogP) is 6.97. The summed E-state index contributed by atoms with van der Waals surface area (Å²) >= 11 is 2.58. The number of nitrogens with one attached hydrogen (secondary N) is 1. The van der Waals surface area contributed by atoms with Crippen molar-refractivity contribution in [2.45, 2.75) is 30.9 Å². The van der Waals surface area contributed by atoms with Crippen LogP contribution < -0.4 is 5.32 Å². The number of carbonyl (C=O) groups excluding carboxylic acids is 1. The van der Waals surface area contributed by atoms with Gasteiger partial charge in [0.1, 0.15) is 10.7 Å². The van der Waals surface area contributed by atoms with Crippen LogP contribution >= 0.6 is 23.1 Å². The average molecular weight is 567 g/mol. The second kappa shape index (κ2) is 11.0. The minimum absolute atomic E-state index is 0.267. The highest BCUT2D eigenvalue weighted by Crippen LogP contribution is 2.34. The fraction of sp³-hybridized carbons (Fsp3) is 0.148. The third kappa shape index (κ3) is 6.02. The zero-order valence-electron chi connectivity index (χ0n) is 20.7. The summed E-state index contributed by atoms with van der Waals surface area (Å²) in [5.74, 6) is 0.375. The van der Waals surface area contributed by atoms with Crippen LogP contribution in [0.15, 0.2) is 77.5 Å². The largest absolute Gasteiger partial charge is 0.416 e. The summed E-state index contributed by atoms with van der Waals surface area (Å²) in [6.45, 7) is 3.97. The molecule has 12 heteroatoms. The Morgan fingerprint density at radius 1 is 1.05 bits per heavy atom. The van der Waals surface area contributed by atoms with Gasteiger partial charge in [0.15, 0.2) is 11.0 Å². The first-order chi connectivity index (χ1) is 18.7. The molecule has 3 heterocycles. The average Bonchev–Trinajstić information content (AvgIpc) is 3.57. The number of aromatic nitrogens is 5. The number of alkyl halides is 3. The molecule has 0 aliphatic carbocycles. The quantitative estimate of drug-likeness (QED) is 0.214. The van der Waals surface area contributed by atoms with Gasteiger partial charge in [-0.3, -0.25) is 14.3 Å². The molecule has 39 heavy (non-hydrogen) atoms. The molecule has 7 nitrogen and oxygen atoms in total. The van der Waals surface area contributed by atoms with Crippen molar-refractivity contribution in [2.24, 2.45) is 0 Å². The highest BCUT2D eigenvalue weighted by molar-refractivity contribution is 7.98. The number of halogens is 3. The standard InChI is InChI=1S/C27H21F3N6OS2/c1-16-8-9-20(11-17(16)2)32-25(37)22-14-38-23(33-22)15-39-26-35-34-24(18-5-4-10-31-13-18)36(26)21-7-3-6-19(12-21)27(28,29)30/h3-14H,15H2,1-2H3,(H,32,37). The van der Waals surface area contributed by atoms with Crippen molar-refractivity contribution in [3.05, 3.63) is 99.8 Å². The Hall–Kier alpha value is -4.03. The van der Waals surface area contributed by atoms with E-state index < -0.39 is 11.7 Å². The van der Waals surface area contributed by atoms with Crippen LogP contribution in [-0.2, 0) is 11.9 Å². The van der Waals surface area contributed by atoms with Crippen molar-refractivity contribution in [3.63, 3.8) is 0 Å². The Balaban J connectivity index is 1.39. The lowest BCUT2D eigenvalue weighted by molar-refractivity contribution is -0.137. The number of thiazole rings is 1. The molecule has 5 rings (SSSR count). The molecular weight excluding hydrogens is 545 g/mol. The van der Waals surface area contributed by atoms with E-state index >= 15 is 0 Å². The van der Waals surface area contributed by atoms with Gasteiger partial charge >= 0.3 is 6.18 Å². The summed E-state index contributed by atoms with van der Waals surface area (Å²) in [6.07, 6.45) is -1.33. The Labute approximate surface area is 230 Å². The van der Waals surface area contributed by atoms with E-state index in [-0.39, 0.29) is 17.3 Å². The van der Waals surface area contributed by atoms with E-state index in [4.69, 9.17) is 0 Å². The zero-order chi connectivity index (χ0) is 27.6. The summed E-state index contributed by atoms with van der Waals surface area (Å²) in [6, 6.07) is 14.2. The molecule has 0 spiro atoms. The number of hydrogen-bond acceptors (Lipinski definition) is 7. The Morgan fingerprint density at radius 2 is 1.90 bits per heavy atom. The van der Waals surface area contributed by atoms with Gasteiger partial charge in [-0.15, -0.1) is 21.5 Å². The number of carbonyl (C=O) groups is 1. The molecule has 1 amide bonds. The van der Waals surface area contributed by atoms with Crippen LogP contribution in [0.3, 0.4) is 0 Å². The fourth-order valence-electron chi connectivity index (χ4n) is 3.72. The van der Waals surface area contributed by atoms with Crippen molar-refractivity contribution in [1.82, 2.24) is 24.7 Å². The van der Waals surface area contributed by atoms with Gasteiger partial charge < -0.3 is 5.32 Å². The van der Waals surface area contributed by atoms with Crippen LogP contribution in [0.1, 0.15) is 32.2 Å². The molecule has 2 aromatic carbocycles. The molecule has 0 radical (unpaired) electrons. The van der Waals surface area contributed by atoms with Gasteiger partial charge in [-0.05, 0) is 67.4 Å². The minimum atomic E-state index is -4.50. The second-order valence-electron chi connectivity index (χ2n) is 8.60. The first kappa shape index (κ1) is 26.6. The number of amides is 1. The summed E-state index contributed by atoms with van der Waals surface area (Å²) in [5, 5.41) is 14.1. The van der Waals surface area contributed by atoms with E-state index in [1.54, 1.807) is 40.5 Å². The summed E-state index contributed by atoms with van der Waals surface area (Å²) in [7, 11) is 0. The fourth-order valence-corrected chi connectivity index (χ4v) is 5.47. The Morgan fingerprint density at radius 3 is 2.64 bits per heavy atom. The molecule has 0 bridgehead atoms. The second-order valence-corrected chi connectivity index (χ2v) is 10.5. The van der Waals surface area contributed by atoms with E-state index in [0.717, 1.165) is 23.3 Å². The number of rotatable bonds is 7. The molecule has 0 saturated carbocycles. The predicted molar refractivity (Wildman–Crippen MR) is 145 cm³/mol. The first-order valence-corrected chi connectivity index (χ1v) is 13.5. The lowest BCUT2D eigenvalue weighted by Crippen LogP contribution is -2.12. The van der Waals surface area contributed by atoms with Crippen LogP contribution in [0, 0.1) is 13.8 Å². The number of thioether (sulfide) groups is 1. The van der Waals surface area contributed by atoms with Crippen molar-refractivity contribution in [3.8, 4) is 17.1 Å². The molecule has 0 aliphatic rings. The summed E-state index contributed by atoms with van der Waals surface area (Å²) in [4.78, 5) is 21.3. The Bertz CT molecular complexity index is 1630. The monoisotopic (exact) mass is 566 g/mol. The van der Waals surface area contributed by atoms with Crippen molar-refractivity contribution in [1.29, 1.82) is 0 Å². The molecule has 198 valence electrons. The van der Waals surface area contributed by atoms with Gasteiger partial charge in [-0.2, -0.15) is 13.2 Å². The number of benzene rings is 2. The van der Waals surface area contributed by atoms with Crippen molar-refractivity contribution in [2.75, 3.05) is 5.32 Å². The van der Waals surface area contributed by atoms with Crippen LogP contribution in [0.25, 0.3) is 17.1 Å². The lowest BCUT2D eigenvalue weighted by Gasteiger charge is -2.13. The Kier molecular flexibility index (Phi) is 7.49. The molecule has 0 unspecified atom stereocenters. The van der Waals surface area contributed by atoms with E-state index in [1.165, 1.54) is 29.2 Å². The molecule has 3 aromatic heterocycles. The van der Waals surface area contributed by atoms with E-state index in [0.29, 0.717) is 33.0 Å². The highest BCUT2D eigenvalue weighted by atomic mass is 32.2. The van der Waals surface area contributed by atoms with Gasteiger partial charge in [0.05, 0.1) is 17.0 Å². The van der Waals surface area contributed by atoms with Gasteiger partial charge in [0, 0.05) is 29.0 Å². The molecule has 0 fully saturated rings. The van der Waals surface area contributed by atoms with Crippen molar-refractivity contribution < 1.29 is 18.0 Å². The number of pyridine rings is 1. The summed E-state index contributed by atoms with van der Waals surface area (Å²) < 4.78 is 41.9. The number of nitrogens with zero attached hydrogens (tertiary/aromatic N) is 5. The maximum atomic E-state index is 13.5. The smallest absolute Gasteiger partial charge is 0.321 e. The van der Waals surface area contributed by atoms with Gasteiger partial charge in [-0.25, -0.2) is 4.98 Å². The van der Waals surface area contributed by atoms with Crippen LogP contribution in [-0.4, -0.2) is 30.6 Å². The van der Waals surface area contributed by atoms with E-state index in [2.05, 4.69) is 25.5 Å². The van der Waals surface area contributed by atoms with E-state index in [1.807, 2.05) is 32.0 Å². The maximum absolute atomic E-state index is 13.5. The normalized spacial score (nSPS) is 11.5. The highest BCUT2D eigenvalue weighted by Gasteiger charge is 2.31.